The second kappa shape index (κ2) is 5.09. The van der Waals surface area contributed by atoms with Gasteiger partial charge >= 0.3 is 0 Å². The topological polar surface area (TPSA) is 38.2 Å². The molecule has 1 aromatic rings. The lowest BCUT2D eigenvalue weighted by Crippen LogP contribution is -2.36. The van der Waals surface area contributed by atoms with Gasteiger partial charge in [0.2, 0.25) is 5.88 Å². The van der Waals surface area contributed by atoms with Crippen LogP contribution in [0.25, 0.3) is 0 Å². The van der Waals surface area contributed by atoms with Crippen molar-refractivity contribution in [3.05, 3.63) is 12.4 Å². The number of rotatable bonds is 3. The molecule has 1 unspecified atom stereocenters. The Morgan fingerprint density at radius 3 is 3.19 bits per heavy atom. The molecule has 1 atom stereocenters. The van der Waals surface area contributed by atoms with E-state index in [1.807, 2.05) is 0 Å². The molecule has 5 heteroatoms. The van der Waals surface area contributed by atoms with Crippen LogP contribution >= 0.6 is 0 Å². The van der Waals surface area contributed by atoms with Gasteiger partial charge in [0.15, 0.2) is 0 Å². The smallest absolute Gasteiger partial charge is 0.218 e. The van der Waals surface area contributed by atoms with Crippen molar-refractivity contribution in [2.24, 2.45) is 5.92 Å². The van der Waals surface area contributed by atoms with Crippen LogP contribution in [0, 0.1) is 5.92 Å². The van der Waals surface area contributed by atoms with E-state index in [9.17, 15) is 4.39 Å². The minimum Gasteiger partial charge on any atom is -0.481 e. The van der Waals surface area contributed by atoms with Crippen LogP contribution < -0.4 is 9.64 Å². The number of halogens is 1. The van der Waals surface area contributed by atoms with E-state index in [1.54, 1.807) is 13.2 Å². The third kappa shape index (κ3) is 2.40. The molecule has 0 N–H and O–H groups in total. The van der Waals surface area contributed by atoms with Gasteiger partial charge in [0.25, 0.3) is 0 Å². The number of aromatic nitrogens is 2. The maximum absolute atomic E-state index is 12.6. The Balaban J connectivity index is 2.10. The molecule has 88 valence electrons. The molecule has 1 aliphatic rings. The highest BCUT2D eigenvalue weighted by Gasteiger charge is 2.21. The molecule has 0 spiro atoms. The van der Waals surface area contributed by atoms with Crippen LogP contribution in [0.5, 0.6) is 5.88 Å². The molecule has 1 aromatic heterocycles. The molecular formula is C11H16FN3O. The summed E-state index contributed by atoms with van der Waals surface area (Å²) >= 11 is 0. The summed E-state index contributed by atoms with van der Waals surface area (Å²) in [7, 11) is 1.58. The summed E-state index contributed by atoms with van der Waals surface area (Å²) in [4.78, 5) is 10.2. The van der Waals surface area contributed by atoms with Gasteiger partial charge in [0, 0.05) is 25.1 Å². The number of ether oxygens (including phenoxy) is 1. The Kier molecular flexibility index (Phi) is 3.54. The van der Waals surface area contributed by atoms with Crippen molar-refractivity contribution in [3.63, 3.8) is 0 Å². The molecule has 2 rings (SSSR count). The summed E-state index contributed by atoms with van der Waals surface area (Å²) in [6, 6.07) is 1.79. The predicted octanol–water partition coefficient (Wildman–Crippen LogP) is 1.67. The summed E-state index contributed by atoms with van der Waals surface area (Å²) in [5.74, 6) is 1.51. The lowest BCUT2D eigenvalue weighted by Gasteiger charge is -2.32. The molecule has 1 aliphatic heterocycles. The average molecular weight is 225 g/mol. The Morgan fingerprint density at radius 1 is 1.56 bits per heavy atom. The van der Waals surface area contributed by atoms with Crippen molar-refractivity contribution < 1.29 is 9.13 Å². The van der Waals surface area contributed by atoms with Crippen LogP contribution in [0.3, 0.4) is 0 Å². The standard InChI is InChI=1S/C11H16FN3O/c1-16-11-5-10(13-8-14-11)15-4-2-3-9(6-12)7-15/h5,8-9H,2-4,6-7H2,1H3. The van der Waals surface area contributed by atoms with Crippen molar-refractivity contribution in [1.82, 2.24) is 9.97 Å². The van der Waals surface area contributed by atoms with Gasteiger partial charge in [-0.1, -0.05) is 0 Å². The van der Waals surface area contributed by atoms with Gasteiger partial charge < -0.3 is 9.64 Å². The fraction of sp³-hybridized carbons (Fsp3) is 0.636. The zero-order valence-corrected chi connectivity index (χ0v) is 9.40. The fourth-order valence-electron chi connectivity index (χ4n) is 2.01. The summed E-state index contributed by atoms with van der Waals surface area (Å²) < 4.78 is 17.7. The Labute approximate surface area is 94.5 Å². The normalized spacial score (nSPS) is 20.9. The van der Waals surface area contributed by atoms with E-state index >= 15 is 0 Å². The molecule has 2 heterocycles. The van der Waals surface area contributed by atoms with Crippen molar-refractivity contribution in [1.29, 1.82) is 0 Å². The first-order valence-corrected chi connectivity index (χ1v) is 5.50. The maximum Gasteiger partial charge on any atom is 0.218 e. The van der Waals surface area contributed by atoms with Crippen LogP contribution in [0.2, 0.25) is 0 Å². The van der Waals surface area contributed by atoms with Gasteiger partial charge in [0.1, 0.15) is 12.1 Å². The highest BCUT2D eigenvalue weighted by molar-refractivity contribution is 5.41. The Bertz CT molecular complexity index is 348. The van der Waals surface area contributed by atoms with Gasteiger partial charge in [-0.2, -0.15) is 0 Å². The second-order valence-electron chi connectivity index (χ2n) is 4.03. The largest absolute Gasteiger partial charge is 0.481 e. The quantitative estimate of drug-likeness (QED) is 0.784. The first-order valence-electron chi connectivity index (χ1n) is 5.50. The average Bonchev–Trinajstić information content (AvgIpc) is 2.39. The van der Waals surface area contributed by atoms with E-state index in [0.717, 1.165) is 31.7 Å². The number of alkyl halides is 1. The van der Waals surface area contributed by atoms with Crippen LogP contribution in [0.1, 0.15) is 12.8 Å². The van der Waals surface area contributed by atoms with Gasteiger partial charge in [-0.3, -0.25) is 4.39 Å². The molecule has 4 nitrogen and oxygen atoms in total. The first-order chi connectivity index (χ1) is 7.83. The van der Waals surface area contributed by atoms with E-state index in [2.05, 4.69) is 14.9 Å². The number of piperidine rings is 1. The third-order valence-corrected chi connectivity index (χ3v) is 2.90. The lowest BCUT2D eigenvalue weighted by molar-refractivity contribution is 0.315. The van der Waals surface area contributed by atoms with Gasteiger partial charge in [0.05, 0.1) is 13.8 Å². The molecule has 1 saturated heterocycles. The molecule has 0 amide bonds. The summed E-state index contributed by atoms with van der Waals surface area (Å²) in [6.45, 7) is 1.41. The monoisotopic (exact) mass is 225 g/mol. The molecule has 0 aliphatic carbocycles. The number of nitrogens with zero attached hydrogens (tertiary/aromatic N) is 3. The van der Waals surface area contributed by atoms with E-state index in [-0.39, 0.29) is 12.6 Å². The van der Waals surface area contributed by atoms with Gasteiger partial charge in [-0.15, -0.1) is 0 Å². The molecule has 0 saturated carbocycles. The van der Waals surface area contributed by atoms with Crippen molar-refractivity contribution in [3.8, 4) is 5.88 Å². The minimum atomic E-state index is -0.251. The summed E-state index contributed by atoms with van der Waals surface area (Å²) in [6.07, 6.45) is 3.46. The van der Waals surface area contributed by atoms with Crippen LogP contribution in [-0.4, -0.2) is 36.8 Å². The van der Waals surface area contributed by atoms with Crippen LogP contribution in [-0.2, 0) is 0 Å². The predicted molar refractivity (Wildman–Crippen MR) is 59.5 cm³/mol. The van der Waals surface area contributed by atoms with Crippen LogP contribution in [0.15, 0.2) is 12.4 Å². The highest BCUT2D eigenvalue weighted by atomic mass is 19.1. The molecule has 0 aromatic carbocycles. The van der Waals surface area contributed by atoms with Crippen LogP contribution in [0.4, 0.5) is 10.2 Å². The van der Waals surface area contributed by atoms with E-state index in [0.29, 0.717) is 5.88 Å². The summed E-state index contributed by atoms with van der Waals surface area (Å²) in [5.41, 5.74) is 0. The van der Waals surface area contributed by atoms with Crippen molar-refractivity contribution >= 4 is 5.82 Å². The molecular weight excluding hydrogens is 209 g/mol. The van der Waals surface area contributed by atoms with E-state index < -0.39 is 0 Å². The SMILES string of the molecule is COc1cc(N2CCCC(CF)C2)ncn1. The Hall–Kier alpha value is -1.39. The van der Waals surface area contributed by atoms with Gasteiger partial charge in [-0.05, 0) is 12.8 Å². The summed E-state index contributed by atoms with van der Waals surface area (Å²) in [5, 5.41) is 0. The maximum atomic E-state index is 12.6. The van der Waals surface area contributed by atoms with E-state index in [1.165, 1.54) is 6.33 Å². The number of methoxy groups -OCH3 is 1. The first kappa shape index (κ1) is 11.1. The second-order valence-corrected chi connectivity index (χ2v) is 4.03. The van der Waals surface area contributed by atoms with Crippen molar-refractivity contribution in [2.45, 2.75) is 12.8 Å². The number of hydrogen-bond donors (Lipinski definition) is 0. The third-order valence-electron chi connectivity index (χ3n) is 2.90. The lowest BCUT2D eigenvalue weighted by atomic mass is 10.00. The van der Waals surface area contributed by atoms with E-state index in [4.69, 9.17) is 4.74 Å². The zero-order chi connectivity index (χ0) is 11.4. The Morgan fingerprint density at radius 2 is 2.44 bits per heavy atom. The molecule has 0 radical (unpaired) electrons. The van der Waals surface area contributed by atoms with Gasteiger partial charge in [-0.25, -0.2) is 9.97 Å². The fourth-order valence-corrected chi connectivity index (χ4v) is 2.01. The minimum absolute atomic E-state index is 0.134. The molecule has 16 heavy (non-hydrogen) atoms. The zero-order valence-electron chi connectivity index (χ0n) is 9.40. The highest BCUT2D eigenvalue weighted by Crippen LogP contribution is 2.23. The number of hydrogen-bond acceptors (Lipinski definition) is 4. The molecule has 1 fully saturated rings. The molecule has 0 bridgehead atoms. The van der Waals surface area contributed by atoms with Crippen molar-refractivity contribution in [2.75, 3.05) is 31.8 Å². The number of anilines is 1.